The topological polar surface area (TPSA) is 57.7 Å². The Morgan fingerprint density at radius 1 is 1.48 bits per heavy atom. The lowest BCUT2D eigenvalue weighted by molar-refractivity contribution is -0.163. The molecule has 0 aromatic carbocycles. The predicted octanol–water partition coefficient (Wildman–Crippen LogP) is 2.73. The van der Waals surface area contributed by atoms with E-state index in [1.165, 1.54) is 16.4 Å². The quantitative estimate of drug-likeness (QED) is 0.695. The Morgan fingerprint density at radius 2 is 2.20 bits per heavy atom. The van der Waals surface area contributed by atoms with Gasteiger partial charge in [0.2, 0.25) is 5.91 Å². The summed E-state index contributed by atoms with van der Waals surface area (Å²) in [6.07, 6.45) is -2.50. The highest BCUT2D eigenvalue weighted by atomic mass is 32.2. The zero-order valence-corrected chi connectivity index (χ0v) is 15.0. The van der Waals surface area contributed by atoms with Gasteiger partial charge in [-0.1, -0.05) is 12.1 Å². The van der Waals surface area contributed by atoms with Gasteiger partial charge in [0.1, 0.15) is 10.8 Å². The molecule has 0 radical (unpaired) electrons. The molecular weight excluding hydrogens is 377 g/mol. The third-order valence-electron chi connectivity index (χ3n) is 3.85. The van der Waals surface area contributed by atoms with Crippen molar-refractivity contribution in [3.63, 3.8) is 0 Å². The maximum Gasteiger partial charge on any atom is 0.406 e. The summed E-state index contributed by atoms with van der Waals surface area (Å²) in [6, 6.07) is 3.08. The monoisotopic (exact) mass is 396 g/mol. The summed E-state index contributed by atoms with van der Waals surface area (Å²) in [5.74, 6) is -1.48. The van der Waals surface area contributed by atoms with Crippen molar-refractivity contribution < 1.29 is 26.4 Å². The molecule has 2 rings (SSSR count). The highest BCUT2D eigenvalue weighted by molar-refractivity contribution is 7.91. The highest BCUT2D eigenvalue weighted by Gasteiger charge is 2.38. The van der Waals surface area contributed by atoms with Gasteiger partial charge in [0, 0.05) is 19.6 Å². The van der Waals surface area contributed by atoms with Crippen LogP contribution in [0.2, 0.25) is 0 Å². The first kappa shape index (κ1) is 19.9. The van der Waals surface area contributed by atoms with Gasteiger partial charge in [0.05, 0.1) is 5.92 Å². The Labute approximate surface area is 148 Å². The lowest BCUT2D eigenvalue weighted by atomic mass is 9.98. The van der Waals surface area contributed by atoms with Gasteiger partial charge in [-0.25, -0.2) is 8.42 Å². The fourth-order valence-electron chi connectivity index (χ4n) is 2.76. The lowest BCUT2D eigenvalue weighted by Gasteiger charge is -2.34. The second-order valence-corrected chi connectivity index (χ2v) is 8.87. The van der Waals surface area contributed by atoms with Crippen molar-refractivity contribution in [3.05, 3.63) is 30.2 Å². The van der Waals surface area contributed by atoms with E-state index in [4.69, 9.17) is 0 Å². The molecule has 0 aliphatic carbocycles. The molecule has 1 atom stereocenters. The molecule has 1 fully saturated rings. The third-order valence-corrected chi connectivity index (χ3v) is 7.09. The van der Waals surface area contributed by atoms with E-state index >= 15 is 0 Å². The van der Waals surface area contributed by atoms with Crippen LogP contribution in [-0.2, 0) is 14.8 Å². The van der Waals surface area contributed by atoms with E-state index in [0.717, 1.165) is 11.3 Å². The smallest absolute Gasteiger partial charge is 0.330 e. The number of hydrogen-bond acceptors (Lipinski definition) is 4. The van der Waals surface area contributed by atoms with Gasteiger partial charge in [-0.2, -0.15) is 17.5 Å². The van der Waals surface area contributed by atoms with Crippen LogP contribution >= 0.6 is 11.3 Å². The van der Waals surface area contributed by atoms with E-state index in [2.05, 4.69) is 6.58 Å². The summed E-state index contributed by atoms with van der Waals surface area (Å²) in [7, 11) is -3.72. The highest BCUT2D eigenvalue weighted by Crippen LogP contribution is 2.28. The second kappa shape index (κ2) is 7.88. The van der Waals surface area contributed by atoms with Gasteiger partial charge in [0.25, 0.3) is 10.0 Å². The zero-order chi connectivity index (χ0) is 18.7. The summed E-state index contributed by atoms with van der Waals surface area (Å²) < 4.78 is 64.5. The Kier molecular flexibility index (Phi) is 6.28. The van der Waals surface area contributed by atoms with Gasteiger partial charge < -0.3 is 4.90 Å². The largest absolute Gasteiger partial charge is 0.406 e. The van der Waals surface area contributed by atoms with Crippen molar-refractivity contribution in [2.75, 3.05) is 26.2 Å². The molecule has 1 aromatic heterocycles. The molecule has 25 heavy (non-hydrogen) atoms. The summed E-state index contributed by atoms with van der Waals surface area (Å²) >= 11 is 1.07. The average Bonchev–Trinajstić information content (AvgIpc) is 3.08. The van der Waals surface area contributed by atoms with Gasteiger partial charge >= 0.3 is 6.18 Å². The van der Waals surface area contributed by atoms with Crippen molar-refractivity contribution in [1.82, 2.24) is 9.21 Å². The minimum Gasteiger partial charge on any atom is -0.330 e. The number of amides is 1. The Hall–Kier alpha value is -1.39. The van der Waals surface area contributed by atoms with Crippen LogP contribution in [0.25, 0.3) is 0 Å². The number of thiophene rings is 1. The second-order valence-electron chi connectivity index (χ2n) is 5.76. The molecule has 1 unspecified atom stereocenters. The number of sulfonamides is 1. The summed E-state index contributed by atoms with van der Waals surface area (Å²) in [5.41, 5.74) is 0. The molecule has 2 heterocycles. The van der Waals surface area contributed by atoms with E-state index in [-0.39, 0.29) is 23.8 Å². The lowest BCUT2D eigenvalue weighted by Crippen LogP contribution is -2.48. The molecule has 1 aliphatic heterocycles. The van der Waals surface area contributed by atoms with Crippen molar-refractivity contribution in [1.29, 1.82) is 0 Å². The minimum absolute atomic E-state index is 0.107. The molecule has 1 aromatic rings. The van der Waals surface area contributed by atoms with Crippen LogP contribution in [0.4, 0.5) is 13.2 Å². The Bertz CT molecular complexity index is 702. The van der Waals surface area contributed by atoms with Crippen molar-refractivity contribution in [2.45, 2.75) is 23.2 Å². The van der Waals surface area contributed by atoms with Crippen LogP contribution in [0.1, 0.15) is 12.8 Å². The maximum absolute atomic E-state index is 12.7. The molecule has 5 nitrogen and oxygen atoms in total. The van der Waals surface area contributed by atoms with Crippen LogP contribution in [0, 0.1) is 5.92 Å². The van der Waals surface area contributed by atoms with E-state index in [0.29, 0.717) is 17.7 Å². The predicted molar refractivity (Wildman–Crippen MR) is 88.6 cm³/mol. The molecule has 1 saturated heterocycles. The fourth-order valence-corrected chi connectivity index (χ4v) is 5.43. The van der Waals surface area contributed by atoms with Gasteiger partial charge in [0.15, 0.2) is 0 Å². The first-order chi connectivity index (χ1) is 11.6. The molecule has 0 bridgehead atoms. The van der Waals surface area contributed by atoms with Gasteiger partial charge in [-0.15, -0.1) is 17.9 Å². The normalized spacial score (nSPS) is 19.6. The van der Waals surface area contributed by atoms with E-state index in [1.807, 2.05) is 0 Å². The molecule has 140 valence electrons. The Morgan fingerprint density at radius 3 is 2.76 bits per heavy atom. The molecule has 1 amide bonds. The standard InChI is InChI=1S/C15H19F3N2O3S2/c1-2-7-19(11-15(16,17)18)14(21)12-5-3-8-20(10-12)25(22,23)13-6-4-9-24-13/h2,4,6,9,12H,1,3,5,7-8,10-11H2. The summed E-state index contributed by atoms with van der Waals surface area (Å²) in [5, 5.41) is 1.63. The average molecular weight is 396 g/mol. The molecular formula is C15H19F3N2O3S2. The number of carbonyl (C=O) groups is 1. The van der Waals surface area contributed by atoms with Gasteiger partial charge in [-0.3, -0.25) is 4.79 Å². The van der Waals surface area contributed by atoms with Crippen LogP contribution in [0.15, 0.2) is 34.4 Å². The zero-order valence-electron chi connectivity index (χ0n) is 13.4. The Balaban J connectivity index is 2.14. The number of piperidine rings is 1. The maximum atomic E-state index is 12.7. The molecule has 1 aliphatic rings. The van der Waals surface area contributed by atoms with Gasteiger partial charge in [-0.05, 0) is 24.3 Å². The summed E-state index contributed by atoms with van der Waals surface area (Å²) in [4.78, 5) is 13.2. The molecule has 0 saturated carbocycles. The van der Waals surface area contributed by atoms with Crippen LogP contribution < -0.4 is 0 Å². The van der Waals surface area contributed by atoms with Crippen molar-refractivity contribution in [3.8, 4) is 0 Å². The third kappa shape index (κ3) is 5.05. The minimum atomic E-state index is -4.52. The first-order valence-corrected chi connectivity index (χ1v) is 9.97. The number of rotatable bonds is 6. The first-order valence-electron chi connectivity index (χ1n) is 7.65. The van der Waals surface area contributed by atoms with Crippen LogP contribution in [0.3, 0.4) is 0 Å². The number of halogens is 3. The number of hydrogen-bond donors (Lipinski definition) is 0. The van der Waals surface area contributed by atoms with Crippen molar-refractivity contribution in [2.24, 2.45) is 5.92 Å². The molecule has 10 heteroatoms. The van der Waals surface area contributed by atoms with Crippen LogP contribution in [-0.4, -0.2) is 55.9 Å². The summed E-state index contributed by atoms with van der Waals surface area (Å²) in [6.45, 7) is 1.93. The molecule has 0 N–H and O–H groups in total. The van der Waals surface area contributed by atoms with E-state index in [9.17, 15) is 26.4 Å². The van der Waals surface area contributed by atoms with Crippen LogP contribution in [0.5, 0.6) is 0 Å². The number of nitrogens with zero attached hydrogens (tertiary/aromatic N) is 2. The fraction of sp³-hybridized carbons (Fsp3) is 0.533. The van der Waals surface area contributed by atoms with E-state index in [1.54, 1.807) is 11.4 Å². The number of alkyl halides is 3. The van der Waals surface area contributed by atoms with E-state index < -0.39 is 34.6 Å². The SMILES string of the molecule is C=CCN(CC(F)(F)F)C(=O)C1CCCN(S(=O)(=O)c2cccs2)C1. The van der Waals surface area contributed by atoms with Crippen molar-refractivity contribution >= 4 is 27.3 Å². The number of carbonyl (C=O) groups excluding carboxylic acids is 1. The molecule has 0 spiro atoms.